The molecule has 0 radical (unpaired) electrons. The number of hydrogen-bond acceptors (Lipinski definition) is 11. The minimum absolute atomic E-state index is 0.0273. The summed E-state index contributed by atoms with van der Waals surface area (Å²) in [6.45, 7) is -0.657. The normalized spacial score (nSPS) is 25.2. The van der Waals surface area contributed by atoms with Crippen molar-refractivity contribution in [2.45, 2.75) is 30.7 Å². The SMILES string of the molecule is COc1c(O[C@@H]2OC(CO)[C@@H](O)[C@H](O)C2O)cc2oc(-c3ccc(O)cc3)cc(=O)c2c1O. The lowest BCUT2D eigenvalue weighted by atomic mass is 9.99. The van der Waals surface area contributed by atoms with Gasteiger partial charge in [-0.15, -0.1) is 0 Å². The average molecular weight is 462 g/mol. The number of aliphatic hydroxyl groups is 4. The van der Waals surface area contributed by atoms with E-state index < -0.39 is 48.5 Å². The van der Waals surface area contributed by atoms with Crippen molar-refractivity contribution in [1.82, 2.24) is 0 Å². The van der Waals surface area contributed by atoms with E-state index in [1.54, 1.807) is 0 Å². The maximum atomic E-state index is 12.7. The van der Waals surface area contributed by atoms with Gasteiger partial charge in [0.15, 0.2) is 16.9 Å². The fourth-order valence-corrected chi connectivity index (χ4v) is 3.60. The maximum Gasteiger partial charge on any atom is 0.229 e. The van der Waals surface area contributed by atoms with Crippen LogP contribution in [0.5, 0.6) is 23.0 Å². The molecule has 2 unspecified atom stereocenters. The summed E-state index contributed by atoms with van der Waals surface area (Å²) < 4.78 is 21.9. The molecule has 0 saturated carbocycles. The van der Waals surface area contributed by atoms with Gasteiger partial charge in [-0.05, 0) is 24.3 Å². The van der Waals surface area contributed by atoms with Gasteiger partial charge in [-0.3, -0.25) is 4.79 Å². The van der Waals surface area contributed by atoms with Crippen molar-refractivity contribution in [2.75, 3.05) is 13.7 Å². The maximum absolute atomic E-state index is 12.7. The summed E-state index contributed by atoms with van der Waals surface area (Å²) in [5.74, 6) is -0.863. The molecule has 3 aromatic rings. The standard InChI is InChI=1S/C22H22O11/c1-30-21-14(32-22-20(29)19(28)17(26)15(8-23)33-22)7-13-16(18(21)27)11(25)6-12(31-13)9-2-4-10(24)5-3-9/h2-7,15,17,19-20,22-24,26-29H,8H2,1H3/t15?,17-,19+,20?,22-/m1/s1. The number of phenolic OH excluding ortho intramolecular Hbond substituents is 2. The van der Waals surface area contributed by atoms with E-state index in [9.17, 15) is 35.4 Å². The van der Waals surface area contributed by atoms with E-state index in [4.69, 9.17) is 18.6 Å². The molecular formula is C22H22O11. The highest BCUT2D eigenvalue weighted by Gasteiger charge is 2.45. The van der Waals surface area contributed by atoms with Crippen LogP contribution in [-0.2, 0) is 4.74 Å². The van der Waals surface area contributed by atoms with Crippen molar-refractivity contribution in [3.05, 3.63) is 46.6 Å². The van der Waals surface area contributed by atoms with E-state index in [1.165, 1.54) is 43.5 Å². The molecule has 0 amide bonds. The highest BCUT2D eigenvalue weighted by molar-refractivity contribution is 5.89. The summed E-state index contributed by atoms with van der Waals surface area (Å²) in [6.07, 6.45) is -7.74. The number of phenols is 2. The van der Waals surface area contributed by atoms with Gasteiger partial charge in [0.2, 0.25) is 12.0 Å². The lowest BCUT2D eigenvalue weighted by Crippen LogP contribution is -2.60. The quantitative estimate of drug-likeness (QED) is 0.302. The third kappa shape index (κ3) is 4.08. The minimum Gasteiger partial charge on any atom is -0.508 e. The Balaban J connectivity index is 1.79. The highest BCUT2D eigenvalue weighted by Crippen LogP contribution is 2.43. The van der Waals surface area contributed by atoms with Gasteiger partial charge in [-0.25, -0.2) is 0 Å². The Kier molecular flexibility index (Phi) is 6.15. The first kappa shape index (κ1) is 22.8. The van der Waals surface area contributed by atoms with Gasteiger partial charge < -0.3 is 49.3 Å². The molecule has 4 rings (SSSR count). The summed E-state index contributed by atoms with van der Waals surface area (Å²) in [5, 5.41) is 59.5. The first-order valence-electron chi connectivity index (χ1n) is 9.89. The molecule has 6 N–H and O–H groups in total. The molecular weight excluding hydrogens is 440 g/mol. The van der Waals surface area contributed by atoms with Crippen LogP contribution in [0.4, 0.5) is 0 Å². The summed E-state index contributed by atoms with van der Waals surface area (Å²) in [4.78, 5) is 12.7. The van der Waals surface area contributed by atoms with E-state index in [1.807, 2.05) is 0 Å². The molecule has 2 aromatic carbocycles. The number of aromatic hydroxyl groups is 2. The fraction of sp³-hybridized carbons (Fsp3) is 0.318. The van der Waals surface area contributed by atoms with Crippen LogP contribution in [0.2, 0.25) is 0 Å². The summed E-state index contributed by atoms with van der Waals surface area (Å²) >= 11 is 0. The van der Waals surface area contributed by atoms with Crippen LogP contribution < -0.4 is 14.9 Å². The lowest BCUT2D eigenvalue weighted by Gasteiger charge is -2.39. The Bertz CT molecular complexity index is 1200. The van der Waals surface area contributed by atoms with Crippen molar-refractivity contribution in [1.29, 1.82) is 0 Å². The van der Waals surface area contributed by atoms with Crippen LogP contribution >= 0.6 is 0 Å². The van der Waals surface area contributed by atoms with Crippen molar-refractivity contribution in [2.24, 2.45) is 0 Å². The van der Waals surface area contributed by atoms with Gasteiger partial charge in [0.05, 0.1) is 13.7 Å². The molecule has 33 heavy (non-hydrogen) atoms. The number of aliphatic hydroxyl groups excluding tert-OH is 4. The van der Waals surface area contributed by atoms with Gasteiger partial charge >= 0.3 is 0 Å². The van der Waals surface area contributed by atoms with Crippen molar-refractivity contribution < 1.29 is 49.3 Å². The van der Waals surface area contributed by atoms with Crippen molar-refractivity contribution in [3.63, 3.8) is 0 Å². The monoisotopic (exact) mass is 462 g/mol. The molecule has 0 aliphatic carbocycles. The minimum atomic E-state index is -1.71. The third-order valence-electron chi connectivity index (χ3n) is 5.36. The van der Waals surface area contributed by atoms with Gasteiger partial charge in [0.1, 0.15) is 46.9 Å². The number of fused-ring (bicyclic) bond motifs is 1. The first-order valence-corrected chi connectivity index (χ1v) is 9.89. The summed E-state index contributed by atoms with van der Waals surface area (Å²) in [5.41, 5.74) is -0.170. The molecule has 1 aliphatic rings. The fourth-order valence-electron chi connectivity index (χ4n) is 3.60. The van der Waals surface area contributed by atoms with Crippen LogP contribution in [0, 0.1) is 0 Å². The smallest absolute Gasteiger partial charge is 0.229 e. The van der Waals surface area contributed by atoms with Gasteiger partial charge in [0.25, 0.3) is 0 Å². The van der Waals surface area contributed by atoms with Crippen LogP contribution in [0.1, 0.15) is 0 Å². The third-order valence-corrected chi connectivity index (χ3v) is 5.36. The van der Waals surface area contributed by atoms with E-state index in [0.717, 1.165) is 0 Å². The van der Waals surface area contributed by atoms with Crippen LogP contribution in [0.3, 0.4) is 0 Å². The molecule has 1 aliphatic heterocycles. The average Bonchev–Trinajstić information content (AvgIpc) is 2.79. The number of rotatable bonds is 5. The van der Waals surface area contributed by atoms with Gasteiger partial charge in [0, 0.05) is 17.7 Å². The number of methoxy groups -OCH3 is 1. The van der Waals surface area contributed by atoms with E-state index >= 15 is 0 Å². The van der Waals surface area contributed by atoms with Crippen molar-refractivity contribution in [3.8, 4) is 34.3 Å². The first-order chi connectivity index (χ1) is 15.7. The van der Waals surface area contributed by atoms with Crippen LogP contribution in [0.15, 0.2) is 45.6 Å². The van der Waals surface area contributed by atoms with E-state index in [2.05, 4.69) is 0 Å². The molecule has 0 bridgehead atoms. The number of benzene rings is 2. The number of ether oxygens (including phenoxy) is 3. The Morgan fingerprint density at radius 1 is 1.00 bits per heavy atom. The summed E-state index contributed by atoms with van der Waals surface area (Å²) in [7, 11) is 1.22. The molecule has 0 spiro atoms. The zero-order valence-electron chi connectivity index (χ0n) is 17.3. The lowest BCUT2D eigenvalue weighted by molar-refractivity contribution is -0.277. The molecule has 2 heterocycles. The zero-order valence-corrected chi connectivity index (χ0v) is 17.3. The van der Waals surface area contributed by atoms with Gasteiger partial charge in [-0.1, -0.05) is 0 Å². The van der Waals surface area contributed by atoms with Crippen LogP contribution in [0.25, 0.3) is 22.3 Å². The zero-order chi connectivity index (χ0) is 23.9. The molecule has 5 atom stereocenters. The van der Waals surface area contributed by atoms with E-state index in [0.29, 0.717) is 5.56 Å². The Morgan fingerprint density at radius 2 is 1.70 bits per heavy atom. The summed E-state index contributed by atoms with van der Waals surface area (Å²) in [6, 6.07) is 8.31. The second-order valence-electron chi connectivity index (χ2n) is 7.47. The highest BCUT2D eigenvalue weighted by atomic mass is 16.7. The predicted molar refractivity (Wildman–Crippen MR) is 112 cm³/mol. The predicted octanol–water partition coefficient (Wildman–Crippen LogP) is 0.0585. The molecule has 1 aromatic heterocycles. The number of hydrogen-bond donors (Lipinski definition) is 6. The molecule has 1 saturated heterocycles. The molecule has 11 nitrogen and oxygen atoms in total. The van der Waals surface area contributed by atoms with Crippen molar-refractivity contribution >= 4 is 11.0 Å². The van der Waals surface area contributed by atoms with Crippen LogP contribution in [-0.4, -0.2) is 75.1 Å². The van der Waals surface area contributed by atoms with E-state index in [-0.39, 0.29) is 34.0 Å². The van der Waals surface area contributed by atoms with Gasteiger partial charge in [-0.2, -0.15) is 0 Å². The Morgan fingerprint density at radius 3 is 2.33 bits per heavy atom. The Hall–Kier alpha value is -3.35. The Labute approximate surface area is 186 Å². The molecule has 1 fully saturated rings. The largest absolute Gasteiger partial charge is 0.508 e. The second-order valence-corrected chi connectivity index (χ2v) is 7.47. The second kappa shape index (κ2) is 8.89. The molecule has 176 valence electrons. The molecule has 11 heteroatoms. The topological polar surface area (TPSA) is 179 Å².